The van der Waals surface area contributed by atoms with Gasteiger partial charge in [-0.3, -0.25) is 9.89 Å². The molecule has 0 bridgehead atoms. The molecule has 2 aromatic carbocycles. The van der Waals surface area contributed by atoms with Crippen molar-refractivity contribution in [1.82, 2.24) is 10.2 Å². The molecule has 3 N–H and O–H groups in total. The van der Waals surface area contributed by atoms with E-state index in [4.69, 9.17) is 10.5 Å². The number of hydrogen-bond acceptors (Lipinski definition) is 4. The number of benzene rings is 2. The highest BCUT2D eigenvalue weighted by atomic mass is 16.5. The molecule has 0 aliphatic carbocycles. The van der Waals surface area contributed by atoms with Gasteiger partial charge in [-0.2, -0.15) is 15.4 Å². The van der Waals surface area contributed by atoms with Crippen molar-refractivity contribution in [2.24, 2.45) is 10.7 Å². The first kappa shape index (κ1) is 17.2. The Balaban J connectivity index is 1.93. The van der Waals surface area contributed by atoms with Crippen LogP contribution in [0.3, 0.4) is 0 Å². The smallest absolute Gasteiger partial charge is 0.278 e. The minimum atomic E-state index is -0.532. The van der Waals surface area contributed by atoms with Crippen molar-refractivity contribution < 1.29 is 9.53 Å². The zero-order chi connectivity index (χ0) is 18.7. The third kappa shape index (κ3) is 3.39. The number of H-pyrrole nitrogens is 1. The number of aromatic nitrogens is 2. The maximum atomic E-state index is 12.5. The van der Waals surface area contributed by atoms with Crippen molar-refractivity contribution >= 4 is 22.6 Å². The highest BCUT2D eigenvalue weighted by Gasteiger charge is 2.13. The van der Waals surface area contributed by atoms with Crippen LogP contribution in [0, 0.1) is 11.3 Å². The van der Waals surface area contributed by atoms with Gasteiger partial charge in [0.05, 0.1) is 23.4 Å². The summed E-state index contributed by atoms with van der Waals surface area (Å²) in [4.78, 5) is 16.4. The molecule has 0 radical (unpaired) electrons. The average molecular weight is 347 g/mol. The predicted molar refractivity (Wildman–Crippen MR) is 98.1 cm³/mol. The van der Waals surface area contributed by atoms with E-state index < -0.39 is 5.91 Å². The molecule has 3 aromatic rings. The van der Waals surface area contributed by atoms with Crippen LogP contribution in [-0.2, 0) is 0 Å². The molecule has 0 saturated carbocycles. The van der Waals surface area contributed by atoms with E-state index in [1.807, 2.05) is 26.0 Å². The third-order valence-electron chi connectivity index (χ3n) is 3.69. The van der Waals surface area contributed by atoms with Gasteiger partial charge in [-0.25, -0.2) is 0 Å². The van der Waals surface area contributed by atoms with Crippen LogP contribution in [0.1, 0.15) is 35.3 Å². The molecular weight excluding hydrogens is 330 g/mol. The highest BCUT2D eigenvalue weighted by Crippen LogP contribution is 2.21. The summed E-state index contributed by atoms with van der Waals surface area (Å²) < 4.78 is 5.56. The van der Waals surface area contributed by atoms with Crippen LogP contribution in [-0.4, -0.2) is 28.0 Å². The lowest BCUT2D eigenvalue weighted by Gasteiger charge is -2.11. The molecule has 7 nitrogen and oxygen atoms in total. The molecule has 0 unspecified atom stereocenters. The van der Waals surface area contributed by atoms with Gasteiger partial charge in [0.1, 0.15) is 17.7 Å². The van der Waals surface area contributed by atoms with Gasteiger partial charge in [0.15, 0.2) is 0 Å². The number of rotatable bonds is 4. The number of amides is 1. The molecule has 0 saturated heterocycles. The molecule has 0 aliphatic rings. The fourth-order valence-electron chi connectivity index (χ4n) is 2.53. The molecular formula is C19H17N5O2. The van der Waals surface area contributed by atoms with Crippen molar-refractivity contribution in [2.45, 2.75) is 20.0 Å². The van der Waals surface area contributed by atoms with Gasteiger partial charge < -0.3 is 10.5 Å². The van der Waals surface area contributed by atoms with Gasteiger partial charge in [0.25, 0.3) is 5.91 Å². The van der Waals surface area contributed by atoms with Crippen LogP contribution < -0.4 is 10.5 Å². The van der Waals surface area contributed by atoms with Crippen molar-refractivity contribution in [3.63, 3.8) is 0 Å². The lowest BCUT2D eigenvalue weighted by atomic mass is 10.1. The topological polar surface area (TPSA) is 117 Å². The number of fused-ring (bicyclic) bond motifs is 1. The van der Waals surface area contributed by atoms with Crippen LogP contribution in [0.4, 0.5) is 0 Å². The highest BCUT2D eigenvalue weighted by molar-refractivity contribution is 6.14. The van der Waals surface area contributed by atoms with Gasteiger partial charge in [0, 0.05) is 16.5 Å². The molecule has 130 valence electrons. The summed E-state index contributed by atoms with van der Waals surface area (Å²) in [6.45, 7) is 3.73. The second-order valence-corrected chi connectivity index (χ2v) is 5.93. The summed E-state index contributed by atoms with van der Waals surface area (Å²) in [7, 11) is 0. The molecule has 1 amide bonds. The summed E-state index contributed by atoms with van der Waals surface area (Å²) in [6.07, 6.45) is 1.55. The maximum Gasteiger partial charge on any atom is 0.278 e. The van der Waals surface area contributed by atoms with Crippen LogP contribution in [0.25, 0.3) is 10.9 Å². The fourth-order valence-corrected chi connectivity index (χ4v) is 2.53. The lowest BCUT2D eigenvalue weighted by molar-refractivity contribution is 0.100. The normalized spacial score (nSPS) is 11.5. The Kier molecular flexibility index (Phi) is 4.67. The van der Waals surface area contributed by atoms with Crippen molar-refractivity contribution in [1.29, 1.82) is 5.26 Å². The van der Waals surface area contributed by atoms with E-state index in [0.29, 0.717) is 11.3 Å². The van der Waals surface area contributed by atoms with E-state index in [0.717, 1.165) is 10.9 Å². The first-order valence-electron chi connectivity index (χ1n) is 8.01. The van der Waals surface area contributed by atoms with Crippen LogP contribution in [0.15, 0.2) is 47.6 Å². The van der Waals surface area contributed by atoms with Gasteiger partial charge in [-0.1, -0.05) is 12.1 Å². The standard InChI is InChI=1S/C19H17N5O2/c1-11(2)26-17-7-6-12(8-13(17)9-20)19(25)23-18(21)14-4-3-5-16-15(14)10-22-24-16/h3-8,10-11H,1-2H3,(H,22,24)(H2,21,23,25). The molecule has 1 heterocycles. The van der Waals surface area contributed by atoms with E-state index >= 15 is 0 Å². The minimum absolute atomic E-state index is 0.0761. The monoisotopic (exact) mass is 347 g/mol. The lowest BCUT2D eigenvalue weighted by Crippen LogP contribution is -2.16. The Bertz CT molecular complexity index is 1040. The molecule has 0 atom stereocenters. The Labute approximate surface area is 150 Å². The molecule has 0 fully saturated rings. The van der Waals surface area contributed by atoms with Crippen molar-refractivity contribution in [2.75, 3.05) is 0 Å². The van der Waals surface area contributed by atoms with E-state index in [2.05, 4.69) is 15.2 Å². The Morgan fingerprint density at radius 1 is 1.35 bits per heavy atom. The number of hydrogen-bond donors (Lipinski definition) is 2. The number of nitrogens with one attached hydrogen (secondary N) is 1. The summed E-state index contributed by atoms with van der Waals surface area (Å²) >= 11 is 0. The number of carbonyl (C=O) groups is 1. The fraction of sp³-hybridized carbons (Fsp3) is 0.158. The second kappa shape index (κ2) is 7.07. The molecule has 0 spiro atoms. The molecule has 3 rings (SSSR count). The van der Waals surface area contributed by atoms with E-state index in [-0.39, 0.29) is 23.1 Å². The zero-order valence-corrected chi connectivity index (χ0v) is 14.4. The Hall–Kier alpha value is -3.66. The van der Waals surface area contributed by atoms with Gasteiger partial charge >= 0.3 is 0 Å². The Morgan fingerprint density at radius 3 is 2.88 bits per heavy atom. The van der Waals surface area contributed by atoms with Gasteiger partial charge in [-0.15, -0.1) is 0 Å². The molecule has 26 heavy (non-hydrogen) atoms. The molecule has 1 aromatic heterocycles. The number of nitriles is 1. The summed E-state index contributed by atoms with van der Waals surface area (Å²) in [5, 5.41) is 16.9. The zero-order valence-electron chi connectivity index (χ0n) is 14.4. The van der Waals surface area contributed by atoms with Gasteiger partial charge in [0.2, 0.25) is 0 Å². The third-order valence-corrected chi connectivity index (χ3v) is 3.69. The second-order valence-electron chi connectivity index (χ2n) is 5.93. The van der Waals surface area contributed by atoms with E-state index in [9.17, 15) is 10.1 Å². The predicted octanol–water partition coefficient (Wildman–Crippen LogP) is 2.77. The molecule has 7 heteroatoms. The Morgan fingerprint density at radius 2 is 2.15 bits per heavy atom. The number of carbonyl (C=O) groups excluding carboxylic acids is 1. The SMILES string of the molecule is CC(C)Oc1ccc(C(=O)N=C(N)c2cccc3[nH]ncc23)cc1C#N. The molecule has 0 aliphatic heterocycles. The maximum absolute atomic E-state index is 12.5. The van der Waals surface area contributed by atoms with Crippen LogP contribution in [0.2, 0.25) is 0 Å². The minimum Gasteiger partial charge on any atom is -0.490 e. The number of aromatic amines is 1. The first-order chi connectivity index (χ1) is 12.5. The number of amidine groups is 1. The number of ether oxygens (including phenoxy) is 1. The number of nitrogens with two attached hydrogens (primary N) is 1. The number of nitrogens with zero attached hydrogens (tertiary/aromatic N) is 3. The van der Waals surface area contributed by atoms with E-state index in [1.165, 1.54) is 6.07 Å². The van der Waals surface area contributed by atoms with Crippen molar-refractivity contribution in [3.8, 4) is 11.8 Å². The number of aliphatic imine (C=N–C) groups is 1. The summed E-state index contributed by atoms with van der Waals surface area (Å²) in [5.41, 5.74) is 7.98. The van der Waals surface area contributed by atoms with Gasteiger partial charge in [-0.05, 0) is 38.1 Å². The first-order valence-corrected chi connectivity index (χ1v) is 8.01. The summed E-state index contributed by atoms with van der Waals surface area (Å²) in [5.74, 6) is -0.0159. The van der Waals surface area contributed by atoms with Crippen LogP contribution in [0.5, 0.6) is 5.75 Å². The quantitative estimate of drug-likeness (QED) is 0.556. The average Bonchev–Trinajstić information content (AvgIpc) is 3.10. The van der Waals surface area contributed by atoms with E-state index in [1.54, 1.807) is 30.5 Å². The van der Waals surface area contributed by atoms with Crippen molar-refractivity contribution in [3.05, 3.63) is 59.3 Å². The summed E-state index contributed by atoms with van der Waals surface area (Å²) in [6, 6.07) is 12.1. The largest absolute Gasteiger partial charge is 0.490 e. The van der Waals surface area contributed by atoms with Crippen LogP contribution >= 0.6 is 0 Å².